The molecule has 1 amide bonds. The van der Waals surface area contributed by atoms with Crippen LogP contribution in [0.5, 0.6) is 5.75 Å². The number of anilines is 1. The van der Waals surface area contributed by atoms with E-state index < -0.39 is 11.7 Å². The van der Waals surface area contributed by atoms with Gasteiger partial charge in [0, 0.05) is 23.1 Å². The van der Waals surface area contributed by atoms with Crippen molar-refractivity contribution in [1.29, 1.82) is 0 Å². The number of carbonyl (C=O) groups is 1. The number of hydrogen-bond acceptors (Lipinski definition) is 8. The molecule has 0 bridgehead atoms. The average molecular weight is 604 g/mol. The van der Waals surface area contributed by atoms with Gasteiger partial charge >= 0.3 is 6.09 Å². The van der Waals surface area contributed by atoms with Crippen LogP contribution in [0.25, 0.3) is 20.7 Å². The summed E-state index contributed by atoms with van der Waals surface area (Å²) in [5.41, 5.74) is 5.25. The maximum absolute atomic E-state index is 12.2. The molecule has 0 unspecified atom stereocenters. The van der Waals surface area contributed by atoms with Gasteiger partial charge < -0.3 is 20.1 Å². The summed E-state index contributed by atoms with van der Waals surface area (Å²) >= 11 is 6.77. The summed E-state index contributed by atoms with van der Waals surface area (Å²) in [5.74, 6) is 0.756. The Labute approximate surface area is 233 Å². The van der Waals surface area contributed by atoms with Crippen LogP contribution in [0.1, 0.15) is 44.9 Å². The van der Waals surface area contributed by atoms with E-state index in [1.807, 2.05) is 63.5 Å². The Morgan fingerprint density at radius 2 is 1.97 bits per heavy atom. The fraction of sp³-hybridized carbons (Fsp3) is 0.370. The SMILES string of the molecule is Cc1ncsc1-c1ccc(CNC(=O)OC(C)(C)C)c(OCCCCNc2nc3ccc(Br)cc3s2)c1. The van der Waals surface area contributed by atoms with E-state index in [0.29, 0.717) is 13.2 Å². The molecule has 2 N–H and O–H groups in total. The van der Waals surface area contributed by atoms with Crippen molar-refractivity contribution in [3.8, 4) is 16.2 Å². The van der Waals surface area contributed by atoms with E-state index in [1.165, 1.54) is 0 Å². The molecule has 37 heavy (non-hydrogen) atoms. The number of nitrogens with one attached hydrogen (secondary N) is 2. The first-order valence-corrected chi connectivity index (χ1v) is 14.6. The summed E-state index contributed by atoms with van der Waals surface area (Å²) in [6.07, 6.45) is 1.37. The number of aromatic nitrogens is 2. The molecule has 0 radical (unpaired) electrons. The van der Waals surface area contributed by atoms with Crippen LogP contribution in [-0.2, 0) is 11.3 Å². The van der Waals surface area contributed by atoms with E-state index in [4.69, 9.17) is 9.47 Å². The van der Waals surface area contributed by atoms with Gasteiger partial charge in [-0.15, -0.1) is 11.3 Å². The maximum Gasteiger partial charge on any atom is 0.407 e. The second-order valence-electron chi connectivity index (χ2n) is 9.56. The van der Waals surface area contributed by atoms with Crippen molar-refractivity contribution in [2.24, 2.45) is 0 Å². The average Bonchev–Trinajstić information content (AvgIpc) is 3.44. The number of unbranched alkanes of at least 4 members (excludes halogenated alkanes) is 1. The molecule has 7 nitrogen and oxygen atoms in total. The van der Waals surface area contributed by atoms with Gasteiger partial charge in [-0.25, -0.2) is 14.8 Å². The van der Waals surface area contributed by atoms with Crippen LogP contribution in [0, 0.1) is 6.92 Å². The highest BCUT2D eigenvalue weighted by Crippen LogP contribution is 2.32. The van der Waals surface area contributed by atoms with Gasteiger partial charge in [-0.2, -0.15) is 0 Å². The van der Waals surface area contributed by atoms with Gasteiger partial charge in [0.2, 0.25) is 0 Å². The van der Waals surface area contributed by atoms with E-state index in [1.54, 1.807) is 22.7 Å². The number of hydrogen-bond donors (Lipinski definition) is 2. The lowest BCUT2D eigenvalue weighted by atomic mass is 10.1. The first kappa shape index (κ1) is 27.3. The van der Waals surface area contributed by atoms with Crippen LogP contribution < -0.4 is 15.4 Å². The van der Waals surface area contributed by atoms with Gasteiger partial charge in [0.05, 0.1) is 32.9 Å². The molecule has 4 aromatic rings. The standard InChI is InChI=1S/C27H31BrN4O3S2/c1-17-24(36-16-31-17)18-7-8-19(15-30-26(33)35-27(2,3)4)22(13-18)34-12-6-5-11-29-25-32-21-10-9-20(28)14-23(21)37-25/h7-10,13-14,16H,5-6,11-12,15H2,1-4H3,(H,29,32)(H,30,33). The molecule has 0 aliphatic rings. The molecule has 0 saturated carbocycles. The molecule has 0 fully saturated rings. The molecule has 4 rings (SSSR count). The third-order valence-electron chi connectivity index (χ3n) is 5.35. The summed E-state index contributed by atoms with van der Waals surface area (Å²) in [7, 11) is 0. The largest absolute Gasteiger partial charge is 0.493 e. The molecule has 0 aliphatic carbocycles. The molecule has 0 atom stereocenters. The Kier molecular flexibility index (Phi) is 9.04. The number of rotatable bonds is 10. The van der Waals surface area contributed by atoms with Crippen LogP contribution in [0.4, 0.5) is 9.93 Å². The zero-order valence-corrected chi connectivity index (χ0v) is 24.6. The lowest BCUT2D eigenvalue weighted by molar-refractivity contribution is 0.0523. The topological polar surface area (TPSA) is 85.4 Å². The van der Waals surface area contributed by atoms with Gasteiger partial charge in [0.15, 0.2) is 5.13 Å². The highest BCUT2D eigenvalue weighted by atomic mass is 79.9. The van der Waals surface area contributed by atoms with Crippen LogP contribution in [0.15, 0.2) is 46.4 Å². The Bertz CT molecular complexity index is 1360. The third-order valence-corrected chi connectivity index (χ3v) is 7.80. The number of halogens is 1. The minimum absolute atomic E-state index is 0.321. The zero-order valence-electron chi connectivity index (χ0n) is 21.4. The Balaban J connectivity index is 1.33. The highest BCUT2D eigenvalue weighted by molar-refractivity contribution is 9.10. The molecule has 2 aromatic heterocycles. The number of thiazole rings is 2. The predicted molar refractivity (Wildman–Crippen MR) is 156 cm³/mol. The molecule has 0 aliphatic heterocycles. The van der Waals surface area contributed by atoms with E-state index in [2.05, 4.69) is 42.6 Å². The lowest BCUT2D eigenvalue weighted by Gasteiger charge is -2.20. The predicted octanol–water partition coefficient (Wildman–Crippen LogP) is 7.79. The van der Waals surface area contributed by atoms with Gasteiger partial charge in [-0.05, 0) is 70.4 Å². The fourth-order valence-electron chi connectivity index (χ4n) is 3.62. The summed E-state index contributed by atoms with van der Waals surface area (Å²) in [6, 6.07) is 12.2. The summed E-state index contributed by atoms with van der Waals surface area (Å²) in [4.78, 5) is 22.3. The number of benzene rings is 2. The van der Waals surface area contributed by atoms with Crippen molar-refractivity contribution >= 4 is 60.0 Å². The minimum atomic E-state index is -0.548. The number of fused-ring (bicyclic) bond motifs is 1. The third kappa shape index (κ3) is 7.90. The van der Waals surface area contributed by atoms with Crippen molar-refractivity contribution in [3.63, 3.8) is 0 Å². The number of nitrogens with zero attached hydrogens (tertiary/aromatic N) is 2. The summed E-state index contributed by atoms with van der Waals surface area (Å²) < 4.78 is 13.8. The molecular weight excluding hydrogens is 572 g/mol. The maximum atomic E-state index is 12.2. The van der Waals surface area contributed by atoms with Crippen LogP contribution >= 0.6 is 38.6 Å². The van der Waals surface area contributed by atoms with Crippen molar-refractivity contribution < 1.29 is 14.3 Å². The molecule has 196 valence electrons. The number of ether oxygens (including phenoxy) is 2. The lowest BCUT2D eigenvalue weighted by Crippen LogP contribution is -2.32. The number of carbonyl (C=O) groups excluding carboxylic acids is 1. The fourth-order valence-corrected chi connectivity index (χ4v) is 5.86. The molecule has 2 aromatic carbocycles. The van der Waals surface area contributed by atoms with Crippen LogP contribution in [0.3, 0.4) is 0 Å². The first-order valence-electron chi connectivity index (χ1n) is 12.1. The number of alkyl carbamates (subject to hydrolysis) is 1. The van der Waals surface area contributed by atoms with E-state index >= 15 is 0 Å². The Hall–Kier alpha value is -2.69. The molecular formula is C27H31BrN4O3S2. The van der Waals surface area contributed by atoms with Crippen molar-refractivity contribution in [2.75, 3.05) is 18.5 Å². The summed E-state index contributed by atoms with van der Waals surface area (Å²) in [6.45, 7) is 9.24. The smallest absolute Gasteiger partial charge is 0.407 e. The second-order valence-corrected chi connectivity index (χ2v) is 12.4. The number of aryl methyl sites for hydroxylation is 1. The quantitative estimate of drug-likeness (QED) is 0.180. The van der Waals surface area contributed by atoms with Crippen LogP contribution in [-0.4, -0.2) is 34.8 Å². The van der Waals surface area contributed by atoms with E-state index in [0.717, 1.165) is 66.7 Å². The molecule has 10 heteroatoms. The van der Waals surface area contributed by atoms with E-state index in [-0.39, 0.29) is 0 Å². The number of amides is 1. The second kappa shape index (κ2) is 12.2. The van der Waals surface area contributed by atoms with Crippen LogP contribution in [0.2, 0.25) is 0 Å². The van der Waals surface area contributed by atoms with Crippen molar-refractivity contribution in [3.05, 3.63) is 57.6 Å². The van der Waals surface area contributed by atoms with Crippen molar-refractivity contribution in [2.45, 2.75) is 52.7 Å². The normalized spacial score (nSPS) is 11.5. The van der Waals surface area contributed by atoms with Gasteiger partial charge in [-0.1, -0.05) is 39.4 Å². The van der Waals surface area contributed by atoms with Gasteiger partial charge in [0.25, 0.3) is 0 Å². The Morgan fingerprint density at radius 3 is 2.73 bits per heavy atom. The van der Waals surface area contributed by atoms with Crippen molar-refractivity contribution in [1.82, 2.24) is 15.3 Å². The van der Waals surface area contributed by atoms with Gasteiger partial charge in [-0.3, -0.25) is 0 Å². The molecule has 2 heterocycles. The van der Waals surface area contributed by atoms with Gasteiger partial charge in [0.1, 0.15) is 11.4 Å². The molecule has 0 saturated heterocycles. The van der Waals surface area contributed by atoms with E-state index in [9.17, 15) is 4.79 Å². The minimum Gasteiger partial charge on any atom is -0.493 e. The monoisotopic (exact) mass is 602 g/mol. The summed E-state index contributed by atoms with van der Waals surface area (Å²) in [5, 5.41) is 7.18. The zero-order chi connectivity index (χ0) is 26.4. The first-order chi connectivity index (χ1) is 17.7. The molecule has 0 spiro atoms. The highest BCUT2D eigenvalue weighted by Gasteiger charge is 2.17. The Morgan fingerprint density at radius 1 is 1.14 bits per heavy atom.